The molecule has 0 radical (unpaired) electrons. The van der Waals surface area contributed by atoms with Gasteiger partial charge in [0, 0.05) is 134 Å². The molecule has 0 saturated heterocycles. The maximum absolute atomic E-state index is 13.8. The van der Waals surface area contributed by atoms with Crippen molar-refractivity contribution in [2.45, 2.75) is 90.8 Å². The summed E-state index contributed by atoms with van der Waals surface area (Å²) >= 11 is 19.8. The number of aliphatic hydroxyl groups excluding tert-OH is 1. The first-order valence-electron chi connectivity index (χ1n) is 42.4. The number of aliphatic hydroxyl groups is 2. The number of fused-ring (bicyclic) bond motifs is 9. The van der Waals surface area contributed by atoms with Gasteiger partial charge in [0.05, 0.1) is 79.6 Å². The van der Waals surface area contributed by atoms with Gasteiger partial charge >= 0.3 is 35.8 Å². The quantitative estimate of drug-likeness (QED) is 0.0351. The molecular formula is C109H80Cl2F2N6O12S5. The van der Waals surface area contributed by atoms with E-state index in [1.54, 1.807) is 104 Å². The first-order valence-corrected chi connectivity index (χ1v) is 47.3. The van der Waals surface area contributed by atoms with E-state index in [0.717, 1.165) is 165 Å². The molecule has 676 valence electrons. The smallest absolute Gasteiger partial charge is 0.377 e. The number of hydrogen-bond acceptors (Lipinski definition) is 18. The monoisotopic (exact) mass is 1930 g/mol. The summed E-state index contributed by atoms with van der Waals surface area (Å²) in [5.41, 5.74) is 9.06. The second kappa shape index (κ2) is 40.3. The number of aromatic nitrogens is 2. The number of rotatable bonds is 21. The number of aliphatic carboxylic acids is 5. The van der Waals surface area contributed by atoms with Gasteiger partial charge in [-0.05, 0) is 210 Å². The molecule has 2 unspecified atom stereocenters. The van der Waals surface area contributed by atoms with Crippen molar-refractivity contribution in [2.24, 2.45) is 10.8 Å². The Morgan fingerprint density at radius 1 is 0.375 bits per heavy atom. The molecule has 0 amide bonds. The van der Waals surface area contributed by atoms with Crippen LogP contribution in [0.5, 0.6) is 0 Å². The zero-order chi connectivity index (χ0) is 96.8. The summed E-state index contributed by atoms with van der Waals surface area (Å²) in [6.45, 7) is 8.54. The fourth-order valence-electron chi connectivity index (χ4n) is 16.4. The Bertz CT molecular complexity index is 8150. The van der Waals surface area contributed by atoms with Gasteiger partial charge in [-0.15, -0.1) is 56.7 Å². The van der Waals surface area contributed by atoms with Gasteiger partial charge in [-0.3, -0.25) is 29.1 Å². The van der Waals surface area contributed by atoms with Crippen molar-refractivity contribution in [1.82, 2.24) is 9.97 Å². The molecule has 19 rings (SSSR count). The van der Waals surface area contributed by atoms with E-state index in [4.69, 9.17) is 38.5 Å². The highest BCUT2D eigenvalue weighted by Crippen LogP contribution is 2.48. The van der Waals surface area contributed by atoms with Crippen LogP contribution >= 0.6 is 79.9 Å². The Balaban J connectivity index is 0.000000129. The van der Waals surface area contributed by atoms with Gasteiger partial charge in [-0.2, -0.15) is 29.8 Å². The predicted molar refractivity (Wildman–Crippen MR) is 540 cm³/mol. The summed E-state index contributed by atoms with van der Waals surface area (Å²) in [5.74, 6) is -10.1. The lowest BCUT2D eigenvalue weighted by molar-refractivity contribution is -0.182. The molecule has 0 aliphatic rings. The standard InChI is InChI=1S/C24H19NO2S.C22H13F2NO3S.C22H16N2O3S.C21H14N2O2S.C20H18Cl2O2S/c1-24(2,23(26)27)13-16-12-21-19(8-5-9-22(21)28-16)20-11-10-15(14-25)17-6-3-4-7-18(17)20;23-22(24,21(27)28)20(26)19-10-17-15(6-3-7-18(17)29-19)16-9-8-12(11-25)13-4-1-2-5-14(13)16;1-22(27,9-21(25)26)20-8-17-18(11-24-12-19(17)28-20)16-7-6-13(10-23)14-4-2-3-5-15(14)16;22-10-13-5-7-17(16-4-2-1-3-15(13)16)19-11-23-12-20-18(19)9-14(26-20)6-8-21(24)25;1-20(2,19(23)24)11-13-10-14-12(5-3-8-18(14)25-13)9-15-16(21)6-4-7-17(15)22/h3-12H,13H2,1-2H3,(H,26,27);1-10,20,26H,(H,27,28);2-8,11-12,27H,9H2,1H3,(H,25,26);1-5,7,9,11-12H,6,8H2,(H,24,25);3-8,10H,9,11H2,1-2H3,(H,23,24). The summed E-state index contributed by atoms with van der Waals surface area (Å²) in [6.07, 6.45) is 6.61. The minimum atomic E-state index is -4.29. The minimum absolute atomic E-state index is 0.120. The summed E-state index contributed by atoms with van der Waals surface area (Å²) < 4.78 is 32.4. The van der Waals surface area contributed by atoms with Crippen LogP contribution in [-0.2, 0) is 55.3 Å². The Labute approximate surface area is 808 Å². The lowest BCUT2D eigenvalue weighted by Gasteiger charge is -2.18. The first kappa shape index (κ1) is 96.0. The first-order chi connectivity index (χ1) is 65.1. The molecule has 12 aromatic carbocycles. The zero-order valence-electron chi connectivity index (χ0n) is 73.2. The molecule has 0 aliphatic heterocycles. The van der Waals surface area contributed by atoms with Crippen LogP contribution in [0.4, 0.5) is 8.78 Å². The number of hydrogen-bond donors (Lipinski definition) is 7. The van der Waals surface area contributed by atoms with E-state index >= 15 is 0 Å². The highest BCUT2D eigenvalue weighted by molar-refractivity contribution is 7.20. The van der Waals surface area contributed by atoms with Gasteiger partial charge in [0.15, 0.2) is 6.10 Å². The molecule has 0 bridgehead atoms. The number of aryl methyl sites for hydroxylation is 1. The van der Waals surface area contributed by atoms with Crippen molar-refractivity contribution < 1.29 is 68.5 Å². The van der Waals surface area contributed by atoms with Gasteiger partial charge in [0.25, 0.3) is 0 Å². The fourth-order valence-corrected chi connectivity index (χ4v) is 22.9. The largest absolute Gasteiger partial charge is 0.481 e. The van der Waals surface area contributed by atoms with Crippen LogP contribution in [0.15, 0.2) is 274 Å². The second-order valence-electron chi connectivity index (χ2n) is 33.8. The van der Waals surface area contributed by atoms with Crippen LogP contribution in [0.25, 0.3) is 138 Å². The van der Waals surface area contributed by atoms with Gasteiger partial charge in [-0.1, -0.05) is 187 Å². The van der Waals surface area contributed by atoms with E-state index in [1.165, 1.54) is 24.3 Å². The average Bonchev–Trinajstić information content (AvgIpc) is 1.65. The number of carboxylic acid groups (broad SMARTS) is 5. The molecule has 27 heteroatoms. The van der Waals surface area contributed by atoms with Crippen LogP contribution < -0.4 is 0 Å². The number of nitriles is 4. The number of carbonyl (C=O) groups is 5. The van der Waals surface area contributed by atoms with Crippen LogP contribution in [0, 0.1) is 56.2 Å². The predicted octanol–water partition coefficient (Wildman–Crippen LogP) is 27.7. The molecule has 2 atom stereocenters. The molecule has 19 aromatic rings. The lowest BCUT2D eigenvalue weighted by atomic mass is 9.88. The number of alkyl halides is 2. The Hall–Kier alpha value is -14.6. The van der Waals surface area contributed by atoms with Gasteiger partial charge in [0.2, 0.25) is 0 Å². The normalized spacial score (nSPS) is 12.1. The highest BCUT2D eigenvalue weighted by atomic mass is 35.5. The van der Waals surface area contributed by atoms with Crippen LogP contribution in [0.3, 0.4) is 0 Å². The molecule has 0 saturated carbocycles. The number of pyridine rings is 2. The summed E-state index contributed by atoms with van der Waals surface area (Å²) in [6, 6.07) is 87.5. The number of benzene rings is 12. The third kappa shape index (κ3) is 20.3. The van der Waals surface area contributed by atoms with Crippen molar-refractivity contribution in [1.29, 1.82) is 21.0 Å². The fraction of sp³-hybridized carbons (Fsp3) is 0.147. The van der Waals surface area contributed by atoms with E-state index in [9.17, 15) is 74.2 Å². The maximum Gasteiger partial charge on any atom is 0.377 e. The number of carboxylic acids is 5. The van der Waals surface area contributed by atoms with Crippen molar-refractivity contribution in [3.63, 3.8) is 0 Å². The highest BCUT2D eigenvalue weighted by Gasteiger charge is 2.48. The number of nitrogens with zero attached hydrogens (tertiary/aromatic N) is 6. The van der Waals surface area contributed by atoms with Crippen molar-refractivity contribution in [3.8, 4) is 68.8 Å². The van der Waals surface area contributed by atoms with Gasteiger partial charge < -0.3 is 35.7 Å². The summed E-state index contributed by atoms with van der Waals surface area (Å²) in [4.78, 5) is 68.0. The minimum Gasteiger partial charge on any atom is -0.481 e. The Kier molecular flexibility index (Phi) is 28.5. The molecular weight excluding hydrogens is 1850 g/mol. The summed E-state index contributed by atoms with van der Waals surface area (Å²) in [7, 11) is 0. The van der Waals surface area contributed by atoms with Crippen molar-refractivity contribution in [3.05, 3.63) is 341 Å². The van der Waals surface area contributed by atoms with E-state index in [2.05, 4.69) is 76.7 Å². The van der Waals surface area contributed by atoms with E-state index < -0.39 is 58.3 Å². The third-order valence-electron chi connectivity index (χ3n) is 23.5. The lowest BCUT2D eigenvalue weighted by Crippen LogP contribution is -2.35. The van der Waals surface area contributed by atoms with Crippen LogP contribution in [0.2, 0.25) is 10.0 Å². The summed E-state index contributed by atoms with van der Waals surface area (Å²) in [5, 5.41) is 117. The molecule has 136 heavy (non-hydrogen) atoms. The Morgan fingerprint density at radius 3 is 1.15 bits per heavy atom. The zero-order valence-corrected chi connectivity index (χ0v) is 78.8. The van der Waals surface area contributed by atoms with Crippen LogP contribution in [-0.4, -0.2) is 81.5 Å². The number of thiophene rings is 5. The Morgan fingerprint density at radius 2 is 0.728 bits per heavy atom. The second-order valence-corrected chi connectivity index (χ2v) is 40.3. The van der Waals surface area contributed by atoms with E-state index in [-0.39, 0.29) is 17.7 Å². The van der Waals surface area contributed by atoms with Crippen molar-refractivity contribution in [2.75, 3.05) is 0 Å². The molecule has 7 heterocycles. The molecule has 7 aromatic heterocycles. The molecule has 0 spiro atoms. The van der Waals surface area contributed by atoms with Gasteiger partial charge in [-0.25, -0.2) is 4.79 Å². The van der Waals surface area contributed by atoms with E-state index in [1.807, 2.05) is 182 Å². The molecule has 7 N–H and O–H groups in total. The molecule has 18 nitrogen and oxygen atoms in total. The third-order valence-corrected chi connectivity index (χ3v) is 30.0. The number of halogens is 4. The van der Waals surface area contributed by atoms with E-state index in [0.29, 0.717) is 72.9 Å². The SMILES string of the molecule is CC(C)(Cc1cc2c(-c3ccc(C#N)c4ccccc34)cccc2s1)C(=O)O.CC(C)(Cc1cc2c(Cc3c(Cl)cccc3Cl)cccc2s1)C(=O)O.CC(O)(CC(=O)O)c1cc2c(-c3ccc(C#N)c4ccccc34)cncc2s1.N#Cc1ccc(-c2cccc3sc(C(O)C(F)(F)C(=O)O)cc23)c2ccccc12.N#Cc1ccc(-c2cncc3sc(CCC(=O)O)cc23)c2ccccc12. The van der Waals surface area contributed by atoms with Gasteiger partial charge in [0.1, 0.15) is 5.60 Å². The molecule has 0 aliphatic carbocycles. The van der Waals surface area contributed by atoms with Crippen molar-refractivity contribution >= 4 is 203 Å². The maximum atomic E-state index is 13.8. The topological polar surface area (TPSA) is 348 Å². The van der Waals surface area contributed by atoms with Crippen LogP contribution in [0.1, 0.15) is 111 Å². The average molecular weight is 1940 g/mol. The molecule has 0 fully saturated rings.